The molecule has 0 saturated carbocycles. The average molecular weight is 104 g/mol. The molecule has 0 heterocycles. The molecular formula is C3H12N4. The maximum absolute atomic E-state index is 5.27. The Morgan fingerprint density at radius 2 is 1.43 bits per heavy atom. The Hall–Kier alpha value is -0.160. The van der Waals surface area contributed by atoms with Gasteiger partial charge in [0.1, 0.15) is 0 Å². The molecule has 0 saturated heterocycles. The van der Waals surface area contributed by atoms with Gasteiger partial charge in [0.05, 0.1) is 0 Å². The highest BCUT2D eigenvalue weighted by Gasteiger charge is 2.08. The first kappa shape index (κ1) is 6.84. The Labute approximate surface area is 43.2 Å². The van der Waals surface area contributed by atoms with E-state index in [1.807, 2.05) is 0 Å². The van der Waals surface area contributed by atoms with Crippen LogP contribution in [-0.2, 0) is 0 Å². The molecular weight excluding hydrogens is 92.1 g/mol. The topological polar surface area (TPSA) is 76.1 Å². The Bertz CT molecular complexity index is 44.9. The minimum atomic E-state index is -0.917. The summed E-state index contributed by atoms with van der Waals surface area (Å²) >= 11 is 0. The van der Waals surface area contributed by atoms with E-state index in [0.29, 0.717) is 0 Å². The van der Waals surface area contributed by atoms with Crippen molar-refractivity contribution in [2.24, 2.45) is 11.5 Å². The van der Waals surface area contributed by atoms with Gasteiger partial charge in [0, 0.05) is 0 Å². The number of hydrogen-bond acceptors (Lipinski definition) is 4. The molecule has 0 aromatic heterocycles. The summed E-state index contributed by atoms with van der Waals surface area (Å²) in [5.74, 6) is -0.917. The van der Waals surface area contributed by atoms with E-state index in [2.05, 4.69) is 10.6 Å². The molecule has 0 fully saturated rings. The predicted molar refractivity (Wildman–Crippen MR) is 29.2 cm³/mol. The van der Waals surface area contributed by atoms with Gasteiger partial charge >= 0.3 is 0 Å². The van der Waals surface area contributed by atoms with Gasteiger partial charge in [-0.25, -0.2) is 0 Å². The predicted octanol–water partition coefficient (Wildman–Crippen LogP) is -2.05. The molecule has 4 heteroatoms. The third kappa shape index (κ3) is 2.52. The van der Waals surface area contributed by atoms with Crippen LogP contribution in [0.5, 0.6) is 0 Å². The first-order chi connectivity index (χ1) is 3.12. The molecule has 0 atom stereocenters. The van der Waals surface area contributed by atoms with Crippen molar-refractivity contribution in [1.82, 2.24) is 10.6 Å². The summed E-state index contributed by atoms with van der Waals surface area (Å²) in [6.07, 6.45) is 0. The molecule has 0 rings (SSSR count). The molecule has 0 aromatic carbocycles. The maximum atomic E-state index is 5.27. The van der Waals surface area contributed by atoms with E-state index >= 15 is 0 Å². The normalized spacial score (nSPS) is 12.0. The lowest BCUT2D eigenvalue weighted by Gasteiger charge is -2.21. The van der Waals surface area contributed by atoms with E-state index in [9.17, 15) is 0 Å². The lowest BCUT2D eigenvalue weighted by Crippen LogP contribution is -2.68. The van der Waals surface area contributed by atoms with E-state index in [1.54, 1.807) is 14.1 Å². The van der Waals surface area contributed by atoms with Crippen LogP contribution in [0.25, 0.3) is 0 Å². The van der Waals surface area contributed by atoms with Gasteiger partial charge in [-0.15, -0.1) is 0 Å². The number of hydrogen-bond donors (Lipinski definition) is 4. The van der Waals surface area contributed by atoms with E-state index in [4.69, 9.17) is 11.5 Å². The van der Waals surface area contributed by atoms with Crippen molar-refractivity contribution in [2.75, 3.05) is 14.1 Å². The summed E-state index contributed by atoms with van der Waals surface area (Å²) in [7, 11) is 3.35. The third-order valence-electron chi connectivity index (χ3n) is 0.827. The highest BCUT2D eigenvalue weighted by molar-refractivity contribution is 4.63. The lowest BCUT2D eigenvalue weighted by molar-refractivity contribution is 0.319. The summed E-state index contributed by atoms with van der Waals surface area (Å²) in [5, 5.41) is 5.27. The van der Waals surface area contributed by atoms with Crippen molar-refractivity contribution in [3.05, 3.63) is 0 Å². The van der Waals surface area contributed by atoms with Crippen molar-refractivity contribution in [2.45, 2.75) is 5.91 Å². The lowest BCUT2D eigenvalue weighted by atomic mass is 10.7. The van der Waals surface area contributed by atoms with E-state index in [0.717, 1.165) is 0 Å². The Balaban J connectivity index is 3.36. The SMILES string of the molecule is CNC(N)(N)NC. The summed E-state index contributed by atoms with van der Waals surface area (Å²) in [5.41, 5.74) is 10.5. The number of rotatable bonds is 2. The van der Waals surface area contributed by atoms with Gasteiger partial charge in [-0.1, -0.05) is 0 Å². The Morgan fingerprint density at radius 1 is 1.14 bits per heavy atom. The minimum absolute atomic E-state index is 0.917. The first-order valence-corrected chi connectivity index (χ1v) is 2.08. The van der Waals surface area contributed by atoms with Gasteiger partial charge < -0.3 is 0 Å². The van der Waals surface area contributed by atoms with Crippen LogP contribution < -0.4 is 22.1 Å². The molecule has 0 amide bonds. The highest BCUT2D eigenvalue weighted by atomic mass is 15.4. The van der Waals surface area contributed by atoms with Crippen LogP contribution in [0.1, 0.15) is 0 Å². The van der Waals surface area contributed by atoms with Crippen LogP contribution in [0.3, 0.4) is 0 Å². The molecule has 0 bridgehead atoms. The molecule has 0 aromatic rings. The van der Waals surface area contributed by atoms with Crippen LogP contribution in [0.15, 0.2) is 0 Å². The zero-order valence-corrected chi connectivity index (χ0v) is 4.65. The molecule has 6 N–H and O–H groups in total. The van der Waals surface area contributed by atoms with Gasteiger partial charge in [-0.2, -0.15) is 0 Å². The highest BCUT2D eigenvalue weighted by Crippen LogP contribution is 1.65. The molecule has 0 aliphatic rings. The van der Waals surface area contributed by atoms with Crippen molar-refractivity contribution in [3.8, 4) is 0 Å². The molecule has 0 unspecified atom stereocenters. The zero-order valence-electron chi connectivity index (χ0n) is 4.65. The fourth-order valence-electron chi connectivity index (χ4n) is 0.125. The maximum Gasteiger partial charge on any atom is 0.175 e. The van der Waals surface area contributed by atoms with Gasteiger partial charge in [0.15, 0.2) is 5.91 Å². The van der Waals surface area contributed by atoms with Crippen LogP contribution in [0.2, 0.25) is 0 Å². The summed E-state index contributed by atoms with van der Waals surface area (Å²) in [6.45, 7) is 0. The molecule has 4 nitrogen and oxygen atoms in total. The summed E-state index contributed by atoms with van der Waals surface area (Å²) < 4.78 is 0. The largest absolute Gasteiger partial charge is 0.288 e. The standard InChI is InChI=1S/C3H12N4/c1-6-3(4,5)7-2/h6-7H,4-5H2,1-2H3. The average Bonchev–Trinajstić information content (AvgIpc) is 1.68. The summed E-state index contributed by atoms with van der Waals surface area (Å²) in [6, 6.07) is 0. The van der Waals surface area contributed by atoms with Crippen molar-refractivity contribution >= 4 is 0 Å². The zero-order chi connectivity index (χ0) is 5.91. The Morgan fingerprint density at radius 3 is 1.43 bits per heavy atom. The molecule has 44 valence electrons. The van der Waals surface area contributed by atoms with Crippen molar-refractivity contribution in [3.63, 3.8) is 0 Å². The fraction of sp³-hybridized carbons (Fsp3) is 1.00. The monoisotopic (exact) mass is 104 g/mol. The second kappa shape index (κ2) is 2.23. The minimum Gasteiger partial charge on any atom is -0.288 e. The third-order valence-corrected chi connectivity index (χ3v) is 0.827. The molecule has 7 heavy (non-hydrogen) atoms. The van der Waals surface area contributed by atoms with Gasteiger partial charge in [-0.3, -0.25) is 22.1 Å². The van der Waals surface area contributed by atoms with Crippen molar-refractivity contribution < 1.29 is 0 Å². The van der Waals surface area contributed by atoms with E-state index in [-0.39, 0.29) is 0 Å². The first-order valence-electron chi connectivity index (χ1n) is 2.08. The number of nitrogens with one attached hydrogen (secondary N) is 2. The van der Waals surface area contributed by atoms with Gasteiger partial charge in [0.2, 0.25) is 0 Å². The molecule has 0 radical (unpaired) electrons. The summed E-state index contributed by atoms with van der Waals surface area (Å²) in [4.78, 5) is 0. The Kier molecular flexibility index (Phi) is 2.17. The molecule has 0 spiro atoms. The van der Waals surface area contributed by atoms with E-state index in [1.165, 1.54) is 0 Å². The van der Waals surface area contributed by atoms with Crippen LogP contribution in [-0.4, -0.2) is 20.0 Å². The van der Waals surface area contributed by atoms with Gasteiger partial charge in [0.25, 0.3) is 0 Å². The fourth-order valence-corrected chi connectivity index (χ4v) is 0.125. The van der Waals surface area contributed by atoms with Crippen molar-refractivity contribution in [1.29, 1.82) is 0 Å². The van der Waals surface area contributed by atoms with Crippen LogP contribution in [0, 0.1) is 0 Å². The van der Waals surface area contributed by atoms with Crippen LogP contribution >= 0.6 is 0 Å². The molecule has 0 aliphatic carbocycles. The smallest absolute Gasteiger partial charge is 0.175 e. The van der Waals surface area contributed by atoms with Gasteiger partial charge in [-0.05, 0) is 14.1 Å². The second-order valence-corrected chi connectivity index (χ2v) is 1.37. The second-order valence-electron chi connectivity index (χ2n) is 1.37. The van der Waals surface area contributed by atoms with Crippen LogP contribution in [0.4, 0.5) is 0 Å². The van der Waals surface area contributed by atoms with E-state index < -0.39 is 5.91 Å². The quantitative estimate of drug-likeness (QED) is 0.304. The number of nitrogens with two attached hydrogens (primary N) is 2. The molecule has 0 aliphatic heterocycles.